The second-order valence-electron chi connectivity index (χ2n) is 5.56. The molecule has 0 amide bonds. The highest BCUT2D eigenvalue weighted by molar-refractivity contribution is 4.89. The average Bonchev–Trinajstić information content (AvgIpc) is 2.76. The molecule has 0 aromatic heterocycles. The van der Waals surface area contributed by atoms with Gasteiger partial charge in [-0.25, -0.2) is 0 Å². The summed E-state index contributed by atoms with van der Waals surface area (Å²) in [6.45, 7) is 9.96. The second-order valence-corrected chi connectivity index (χ2v) is 5.56. The van der Waals surface area contributed by atoms with E-state index in [1.807, 2.05) is 0 Å². The minimum absolute atomic E-state index is 0.164. The molecule has 3 unspecified atom stereocenters. The molecule has 0 saturated carbocycles. The van der Waals surface area contributed by atoms with Gasteiger partial charge in [0, 0.05) is 30.7 Å². The third-order valence-corrected chi connectivity index (χ3v) is 3.89. The summed E-state index contributed by atoms with van der Waals surface area (Å²) in [6, 6.07) is 0.514. The van der Waals surface area contributed by atoms with Crippen molar-refractivity contribution in [1.82, 2.24) is 10.6 Å². The summed E-state index contributed by atoms with van der Waals surface area (Å²) in [6.07, 6.45) is 2.38. The van der Waals surface area contributed by atoms with E-state index >= 15 is 0 Å². The number of hydrogen-bond donors (Lipinski definition) is 2. The summed E-state index contributed by atoms with van der Waals surface area (Å²) >= 11 is 0. The van der Waals surface area contributed by atoms with Crippen LogP contribution in [0, 0.1) is 5.92 Å². The normalized spacial score (nSPS) is 38.5. The molecule has 17 heavy (non-hydrogen) atoms. The molecular weight excluding hydrogens is 216 g/mol. The zero-order valence-corrected chi connectivity index (χ0v) is 11.1. The minimum Gasteiger partial charge on any atom is -0.380 e. The van der Waals surface area contributed by atoms with Crippen LogP contribution in [0.15, 0.2) is 0 Å². The number of likely N-dealkylation sites (N-methyl/N-ethyl adjacent to an activating group) is 1. The third kappa shape index (κ3) is 3.65. The molecule has 3 atom stereocenters. The summed E-state index contributed by atoms with van der Waals surface area (Å²) in [7, 11) is 0. The Kier molecular flexibility index (Phi) is 4.79. The molecule has 2 heterocycles. The first-order valence-electron chi connectivity index (χ1n) is 6.87. The Balaban J connectivity index is 1.76. The van der Waals surface area contributed by atoms with Gasteiger partial charge in [-0.05, 0) is 26.3 Å². The van der Waals surface area contributed by atoms with Crippen molar-refractivity contribution in [2.75, 3.05) is 39.5 Å². The van der Waals surface area contributed by atoms with E-state index in [9.17, 15) is 0 Å². The molecule has 2 fully saturated rings. The largest absolute Gasteiger partial charge is 0.380 e. The third-order valence-electron chi connectivity index (χ3n) is 3.89. The Hall–Kier alpha value is -0.160. The minimum atomic E-state index is 0.164. The summed E-state index contributed by atoms with van der Waals surface area (Å²) < 4.78 is 11.1. The average molecular weight is 242 g/mol. The van der Waals surface area contributed by atoms with E-state index in [-0.39, 0.29) is 5.54 Å². The van der Waals surface area contributed by atoms with Crippen LogP contribution in [0.3, 0.4) is 0 Å². The summed E-state index contributed by atoms with van der Waals surface area (Å²) in [5.74, 6) is 0.591. The van der Waals surface area contributed by atoms with E-state index in [0.29, 0.717) is 12.0 Å². The number of hydrogen-bond acceptors (Lipinski definition) is 4. The number of ether oxygens (including phenoxy) is 2. The van der Waals surface area contributed by atoms with Crippen LogP contribution in [0.5, 0.6) is 0 Å². The molecule has 2 aliphatic heterocycles. The Morgan fingerprint density at radius 2 is 2.18 bits per heavy atom. The molecule has 2 rings (SSSR count). The molecule has 4 nitrogen and oxygen atoms in total. The van der Waals surface area contributed by atoms with E-state index in [1.54, 1.807) is 0 Å². The maximum absolute atomic E-state index is 5.57. The topological polar surface area (TPSA) is 42.5 Å². The van der Waals surface area contributed by atoms with E-state index < -0.39 is 0 Å². The first-order chi connectivity index (χ1) is 8.23. The highest BCUT2D eigenvalue weighted by Gasteiger charge is 2.32. The Labute approximate surface area is 104 Å². The van der Waals surface area contributed by atoms with Crippen LogP contribution >= 0.6 is 0 Å². The van der Waals surface area contributed by atoms with Gasteiger partial charge >= 0.3 is 0 Å². The van der Waals surface area contributed by atoms with Crippen LogP contribution in [0.1, 0.15) is 26.7 Å². The summed E-state index contributed by atoms with van der Waals surface area (Å²) in [5.41, 5.74) is 0.164. The van der Waals surface area contributed by atoms with Gasteiger partial charge in [0.15, 0.2) is 0 Å². The van der Waals surface area contributed by atoms with Gasteiger partial charge in [0.2, 0.25) is 0 Å². The van der Waals surface area contributed by atoms with Gasteiger partial charge in [0.25, 0.3) is 0 Å². The molecule has 0 aliphatic carbocycles. The Morgan fingerprint density at radius 1 is 1.29 bits per heavy atom. The van der Waals surface area contributed by atoms with Crippen molar-refractivity contribution in [3.8, 4) is 0 Å². The van der Waals surface area contributed by atoms with Crippen LogP contribution in [-0.2, 0) is 9.47 Å². The first kappa shape index (κ1) is 13.3. The molecule has 0 radical (unpaired) electrons. The first-order valence-corrected chi connectivity index (χ1v) is 6.87. The molecule has 2 N–H and O–H groups in total. The Morgan fingerprint density at radius 3 is 2.88 bits per heavy atom. The van der Waals surface area contributed by atoms with Gasteiger partial charge in [0.1, 0.15) is 0 Å². The zero-order chi connectivity index (χ0) is 12.1. The second kappa shape index (κ2) is 6.14. The van der Waals surface area contributed by atoms with Crippen LogP contribution in [0.25, 0.3) is 0 Å². The number of rotatable bonds is 5. The van der Waals surface area contributed by atoms with Gasteiger partial charge in [-0.3, -0.25) is 0 Å². The molecule has 4 heteroatoms. The van der Waals surface area contributed by atoms with Crippen LogP contribution in [0.2, 0.25) is 0 Å². The standard InChI is InChI=1S/C13H26N2O2/c1-3-14-12-9-17-8-11(12)7-15-13(2)5-4-6-16-10-13/h11-12,14-15H,3-10H2,1-2H3. The van der Waals surface area contributed by atoms with Crippen molar-refractivity contribution in [3.63, 3.8) is 0 Å². The van der Waals surface area contributed by atoms with E-state index in [2.05, 4.69) is 24.5 Å². The van der Waals surface area contributed by atoms with E-state index in [1.165, 1.54) is 12.8 Å². The van der Waals surface area contributed by atoms with Gasteiger partial charge in [0.05, 0.1) is 19.8 Å². The van der Waals surface area contributed by atoms with Crippen LogP contribution in [0.4, 0.5) is 0 Å². The number of nitrogens with one attached hydrogen (secondary N) is 2. The van der Waals surface area contributed by atoms with E-state index in [4.69, 9.17) is 9.47 Å². The lowest BCUT2D eigenvalue weighted by molar-refractivity contribution is 0.0263. The molecule has 0 aromatic rings. The maximum atomic E-state index is 5.57. The molecule has 0 bridgehead atoms. The fourth-order valence-corrected chi connectivity index (χ4v) is 2.74. The molecule has 2 aliphatic rings. The molecular formula is C13H26N2O2. The molecule has 100 valence electrons. The predicted octanol–water partition coefficient (Wildman–Crippen LogP) is 0.770. The van der Waals surface area contributed by atoms with Crippen LogP contribution in [-0.4, -0.2) is 51.1 Å². The highest BCUT2D eigenvalue weighted by Crippen LogP contribution is 2.20. The monoisotopic (exact) mass is 242 g/mol. The van der Waals surface area contributed by atoms with Crippen molar-refractivity contribution in [1.29, 1.82) is 0 Å². The quantitative estimate of drug-likeness (QED) is 0.747. The molecule has 0 spiro atoms. The van der Waals surface area contributed by atoms with E-state index in [0.717, 1.165) is 39.5 Å². The summed E-state index contributed by atoms with van der Waals surface area (Å²) in [4.78, 5) is 0. The van der Waals surface area contributed by atoms with Crippen molar-refractivity contribution in [2.24, 2.45) is 5.92 Å². The van der Waals surface area contributed by atoms with Crippen molar-refractivity contribution in [2.45, 2.75) is 38.3 Å². The zero-order valence-electron chi connectivity index (χ0n) is 11.1. The lowest BCUT2D eigenvalue weighted by atomic mass is 9.93. The van der Waals surface area contributed by atoms with Crippen LogP contribution < -0.4 is 10.6 Å². The molecule has 0 aromatic carbocycles. The van der Waals surface area contributed by atoms with Crippen molar-refractivity contribution < 1.29 is 9.47 Å². The predicted molar refractivity (Wildman–Crippen MR) is 68.2 cm³/mol. The van der Waals surface area contributed by atoms with Crippen molar-refractivity contribution >= 4 is 0 Å². The van der Waals surface area contributed by atoms with Gasteiger partial charge in [-0.1, -0.05) is 6.92 Å². The smallest absolute Gasteiger partial charge is 0.0645 e. The maximum Gasteiger partial charge on any atom is 0.0645 e. The lowest BCUT2D eigenvalue weighted by Crippen LogP contribution is -2.52. The van der Waals surface area contributed by atoms with Gasteiger partial charge in [-0.15, -0.1) is 0 Å². The fourth-order valence-electron chi connectivity index (χ4n) is 2.74. The van der Waals surface area contributed by atoms with Gasteiger partial charge < -0.3 is 20.1 Å². The Bertz CT molecular complexity index is 229. The molecule has 2 saturated heterocycles. The van der Waals surface area contributed by atoms with Crippen molar-refractivity contribution in [3.05, 3.63) is 0 Å². The SMILES string of the molecule is CCNC1COCC1CNC1(C)CCCOC1. The fraction of sp³-hybridized carbons (Fsp3) is 1.00. The lowest BCUT2D eigenvalue weighted by Gasteiger charge is -2.36. The van der Waals surface area contributed by atoms with Gasteiger partial charge in [-0.2, -0.15) is 0 Å². The summed E-state index contributed by atoms with van der Waals surface area (Å²) in [5, 5.41) is 7.18. The highest BCUT2D eigenvalue weighted by atomic mass is 16.5.